The van der Waals surface area contributed by atoms with Gasteiger partial charge in [0.05, 0.1) is 0 Å². The predicted octanol–water partition coefficient (Wildman–Crippen LogP) is 7.19. The summed E-state index contributed by atoms with van der Waals surface area (Å²) < 4.78 is 6.50. The van der Waals surface area contributed by atoms with E-state index in [1.54, 1.807) is 13.3 Å². The molecule has 0 radical (unpaired) electrons. The topological polar surface area (TPSA) is 0 Å². The zero-order valence-corrected chi connectivity index (χ0v) is 17.0. The molecule has 0 heterocycles. The molecule has 0 bridgehead atoms. The van der Waals surface area contributed by atoms with Crippen LogP contribution in [0.3, 0.4) is 0 Å². The van der Waals surface area contributed by atoms with Crippen LogP contribution in [0.5, 0.6) is 0 Å². The van der Waals surface area contributed by atoms with Gasteiger partial charge in [0.1, 0.15) is 0 Å². The molecule has 19 heavy (non-hydrogen) atoms. The maximum absolute atomic E-state index is 2.58. The molecule has 0 aromatic carbocycles. The van der Waals surface area contributed by atoms with Crippen molar-refractivity contribution in [3.05, 3.63) is 12.2 Å². The summed E-state index contributed by atoms with van der Waals surface area (Å²) in [5.74, 6) is 0. The van der Waals surface area contributed by atoms with E-state index in [0.29, 0.717) is 0 Å². The molecule has 0 aromatic heterocycles. The third kappa shape index (κ3) is 9.98. The molecule has 0 unspecified atom stereocenters. The van der Waals surface area contributed by atoms with Crippen molar-refractivity contribution in [1.29, 1.82) is 0 Å². The molecule has 0 saturated carbocycles. The average Bonchev–Trinajstić information content (AvgIpc) is 2.44. The summed E-state index contributed by atoms with van der Waals surface area (Å²) in [5.41, 5.74) is 0. The second-order valence-electron chi connectivity index (χ2n) is 6.27. The molecule has 1 heteroatoms. The van der Waals surface area contributed by atoms with Crippen LogP contribution >= 0.6 is 0 Å². The molecule has 0 nitrogen and oxygen atoms in total. The minimum atomic E-state index is -1.82. The van der Waals surface area contributed by atoms with E-state index in [0.717, 1.165) is 0 Å². The molecule has 0 aliphatic rings. The van der Waals surface area contributed by atoms with Gasteiger partial charge in [0, 0.05) is 0 Å². The van der Waals surface area contributed by atoms with Crippen molar-refractivity contribution in [3.63, 3.8) is 0 Å². The van der Waals surface area contributed by atoms with Gasteiger partial charge in [0.2, 0.25) is 0 Å². The van der Waals surface area contributed by atoms with Gasteiger partial charge in [-0.05, 0) is 0 Å². The van der Waals surface area contributed by atoms with E-state index in [2.05, 4.69) is 39.8 Å². The maximum atomic E-state index is 2.58. The SMILES string of the molecule is CCC/C=C\[CH2][Sn]([CH2]CCC)([CH2]CCC)[CH2]CCC. The van der Waals surface area contributed by atoms with E-state index < -0.39 is 18.4 Å². The van der Waals surface area contributed by atoms with Crippen LogP contribution in [-0.2, 0) is 0 Å². The molecule has 0 N–H and O–H groups in total. The van der Waals surface area contributed by atoms with Crippen LogP contribution in [0, 0.1) is 0 Å². The summed E-state index contributed by atoms with van der Waals surface area (Å²) in [6.07, 6.45) is 16.4. The second kappa shape index (κ2) is 13.5. The van der Waals surface area contributed by atoms with E-state index in [-0.39, 0.29) is 0 Å². The zero-order chi connectivity index (χ0) is 14.4. The van der Waals surface area contributed by atoms with Crippen LogP contribution in [0.25, 0.3) is 0 Å². The Kier molecular flexibility index (Phi) is 13.9. The molecule has 0 saturated heterocycles. The summed E-state index contributed by atoms with van der Waals surface area (Å²) in [6.45, 7) is 9.38. The molecule has 0 aliphatic heterocycles. The predicted molar refractivity (Wildman–Crippen MR) is 93.8 cm³/mol. The standard InChI is InChI=1S/C6H11.3C4H9.Sn/c1-3-5-6-4-2;3*1-3-4-2;/h3,5H,1,4,6H2,2H3;3*1,3-4H2,2H3;/b5-3-;;;;. The minimum absolute atomic E-state index is 1.29. The van der Waals surface area contributed by atoms with E-state index in [1.807, 2.05) is 0 Å². The monoisotopic (exact) mass is 374 g/mol. The van der Waals surface area contributed by atoms with E-state index in [4.69, 9.17) is 0 Å². The summed E-state index contributed by atoms with van der Waals surface area (Å²) in [5, 5.41) is 0. The summed E-state index contributed by atoms with van der Waals surface area (Å²) in [4.78, 5) is 0. The fourth-order valence-electron chi connectivity index (χ4n) is 2.95. The van der Waals surface area contributed by atoms with E-state index in [9.17, 15) is 0 Å². The molecule has 0 atom stereocenters. The van der Waals surface area contributed by atoms with Gasteiger partial charge in [-0.25, -0.2) is 0 Å². The van der Waals surface area contributed by atoms with Crippen molar-refractivity contribution in [3.8, 4) is 0 Å². The van der Waals surface area contributed by atoms with Crippen LogP contribution in [-0.4, -0.2) is 18.4 Å². The molecule has 0 aromatic rings. The number of unbranched alkanes of at least 4 members (excludes halogenated alkanes) is 4. The van der Waals surface area contributed by atoms with Gasteiger partial charge in [-0.3, -0.25) is 0 Å². The first-order chi connectivity index (χ1) is 9.24. The molecule has 0 rings (SSSR count). The molecular formula is C18H38Sn. The van der Waals surface area contributed by atoms with Crippen LogP contribution in [0.4, 0.5) is 0 Å². The fourth-order valence-corrected chi connectivity index (χ4v) is 18.2. The Hall–Kier alpha value is 0.539. The number of allylic oxidation sites excluding steroid dienone is 2. The first-order valence-electron chi connectivity index (χ1n) is 8.89. The van der Waals surface area contributed by atoms with Gasteiger partial charge in [0.15, 0.2) is 0 Å². The van der Waals surface area contributed by atoms with Gasteiger partial charge in [-0.2, -0.15) is 0 Å². The molecule has 0 fully saturated rings. The summed E-state index contributed by atoms with van der Waals surface area (Å²) in [7, 11) is 0. The first kappa shape index (κ1) is 19.5. The van der Waals surface area contributed by atoms with E-state index in [1.165, 1.54) is 55.8 Å². The quantitative estimate of drug-likeness (QED) is 0.237. The van der Waals surface area contributed by atoms with Crippen molar-refractivity contribution < 1.29 is 0 Å². The molecule has 0 spiro atoms. The number of rotatable bonds is 13. The third-order valence-corrected chi connectivity index (χ3v) is 19.6. The second-order valence-corrected chi connectivity index (χ2v) is 20.3. The molecular weight excluding hydrogens is 335 g/mol. The normalized spacial score (nSPS) is 12.4. The van der Waals surface area contributed by atoms with Crippen LogP contribution in [0.15, 0.2) is 12.2 Å². The van der Waals surface area contributed by atoms with Crippen molar-refractivity contribution in [2.24, 2.45) is 0 Å². The van der Waals surface area contributed by atoms with Crippen LogP contribution in [0.2, 0.25) is 17.7 Å². The molecule has 114 valence electrons. The van der Waals surface area contributed by atoms with Gasteiger partial charge in [0.25, 0.3) is 0 Å². The third-order valence-electron chi connectivity index (χ3n) is 4.35. The number of hydrogen-bond donors (Lipinski definition) is 0. The van der Waals surface area contributed by atoms with Crippen molar-refractivity contribution >= 4 is 18.4 Å². The molecule has 0 aliphatic carbocycles. The zero-order valence-electron chi connectivity index (χ0n) is 14.1. The van der Waals surface area contributed by atoms with Crippen molar-refractivity contribution in [1.82, 2.24) is 0 Å². The molecule has 0 amide bonds. The van der Waals surface area contributed by atoms with Gasteiger partial charge in [-0.15, -0.1) is 0 Å². The summed E-state index contributed by atoms with van der Waals surface area (Å²) >= 11 is -1.82. The fraction of sp³-hybridized carbons (Fsp3) is 0.889. The van der Waals surface area contributed by atoms with Crippen molar-refractivity contribution in [2.45, 2.75) is 96.8 Å². The van der Waals surface area contributed by atoms with Crippen LogP contribution in [0.1, 0.15) is 79.1 Å². The van der Waals surface area contributed by atoms with Crippen LogP contribution < -0.4 is 0 Å². The Balaban J connectivity index is 4.56. The Morgan fingerprint density at radius 2 is 1.11 bits per heavy atom. The van der Waals surface area contributed by atoms with E-state index >= 15 is 0 Å². The van der Waals surface area contributed by atoms with Gasteiger partial charge in [-0.1, -0.05) is 0 Å². The Bertz CT molecular complexity index is 186. The average molecular weight is 373 g/mol. The number of hydrogen-bond acceptors (Lipinski definition) is 0. The Labute approximate surface area is 127 Å². The Morgan fingerprint density at radius 3 is 1.47 bits per heavy atom. The summed E-state index contributed by atoms with van der Waals surface area (Å²) in [6, 6.07) is 0. The van der Waals surface area contributed by atoms with Gasteiger partial charge < -0.3 is 0 Å². The van der Waals surface area contributed by atoms with Gasteiger partial charge >= 0.3 is 127 Å². The first-order valence-corrected chi connectivity index (χ1v) is 17.0. The van der Waals surface area contributed by atoms with Crippen molar-refractivity contribution in [2.75, 3.05) is 0 Å². The Morgan fingerprint density at radius 1 is 0.632 bits per heavy atom.